The van der Waals surface area contributed by atoms with Gasteiger partial charge in [0.25, 0.3) is 0 Å². The monoisotopic (exact) mass is 290 g/mol. The van der Waals surface area contributed by atoms with E-state index in [1.54, 1.807) is 10.9 Å². The lowest BCUT2D eigenvalue weighted by Gasteiger charge is -2.26. The van der Waals surface area contributed by atoms with Crippen LogP contribution in [0.4, 0.5) is 5.82 Å². The van der Waals surface area contributed by atoms with Gasteiger partial charge in [0.05, 0.1) is 18.1 Å². The maximum absolute atomic E-state index is 5.99. The van der Waals surface area contributed by atoms with Gasteiger partial charge in [-0.05, 0) is 25.8 Å². The fraction of sp³-hybridized carbons (Fsp3) is 0.643. The summed E-state index contributed by atoms with van der Waals surface area (Å²) in [6.07, 6.45) is 3.97. The molecule has 0 aliphatic carbocycles. The summed E-state index contributed by atoms with van der Waals surface area (Å²) in [5.41, 5.74) is 6.78. The molecule has 0 amide bonds. The van der Waals surface area contributed by atoms with Crippen molar-refractivity contribution in [3.63, 3.8) is 0 Å². The van der Waals surface area contributed by atoms with Crippen molar-refractivity contribution in [1.82, 2.24) is 24.6 Å². The van der Waals surface area contributed by atoms with E-state index in [2.05, 4.69) is 27.0 Å². The molecule has 1 aliphatic heterocycles. The highest BCUT2D eigenvalue weighted by atomic mass is 16.5. The molecule has 1 fully saturated rings. The second kappa shape index (κ2) is 5.95. The lowest BCUT2D eigenvalue weighted by Crippen LogP contribution is -2.30. The minimum absolute atomic E-state index is 0.502. The van der Waals surface area contributed by atoms with E-state index in [4.69, 9.17) is 10.5 Å². The van der Waals surface area contributed by atoms with Crippen LogP contribution in [0.5, 0.6) is 0 Å². The van der Waals surface area contributed by atoms with Crippen molar-refractivity contribution in [2.45, 2.75) is 19.4 Å². The first-order chi connectivity index (χ1) is 10.1. The number of hydrogen-bond donors (Lipinski definition) is 1. The Kier molecular flexibility index (Phi) is 4.03. The minimum Gasteiger partial charge on any atom is -0.383 e. The second-order valence-electron chi connectivity index (χ2n) is 5.78. The van der Waals surface area contributed by atoms with Gasteiger partial charge in [-0.2, -0.15) is 5.10 Å². The van der Waals surface area contributed by atoms with Crippen molar-refractivity contribution < 1.29 is 4.74 Å². The Morgan fingerprint density at radius 3 is 2.90 bits per heavy atom. The topological polar surface area (TPSA) is 82.1 Å². The predicted octanol–water partition coefficient (Wildman–Crippen LogP) is 0.804. The number of anilines is 1. The summed E-state index contributed by atoms with van der Waals surface area (Å²) in [4.78, 5) is 11.2. The molecular formula is C14H22N6O. The molecule has 1 aliphatic rings. The fourth-order valence-corrected chi connectivity index (χ4v) is 2.84. The summed E-state index contributed by atoms with van der Waals surface area (Å²) in [5, 5.41) is 4.99. The molecule has 0 saturated carbocycles. The standard InChI is InChI=1S/C14H22N6O/c1-19(8-10-3-5-21-6-4-10)9-12-17-13(15)11-7-16-20(2)14(11)18-12/h7,10H,3-6,8-9H2,1-2H3,(H2,15,17,18). The van der Waals surface area contributed by atoms with E-state index in [0.717, 1.165) is 49.5 Å². The molecule has 0 spiro atoms. The van der Waals surface area contributed by atoms with Gasteiger partial charge in [-0.3, -0.25) is 9.58 Å². The van der Waals surface area contributed by atoms with Crippen molar-refractivity contribution in [2.75, 3.05) is 32.5 Å². The third-order valence-corrected chi connectivity index (χ3v) is 3.99. The zero-order valence-corrected chi connectivity index (χ0v) is 12.6. The van der Waals surface area contributed by atoms with Crippen LogP contribution in [0.15, 0.2) is 6.20 Å². The summed E-state index contributed by atoms with van der Waals surface area (Å²) in [7, 11) is 3.97. The van der Waals surface area contributed by atoms with Gasteiger partial charge in [-0.25, -0.2) is 9.97 Å². The predicted molar refractivity (Wildman–Crippen MR) is 80.6 cm³/mol. The van der Waals surface area contributed by atoms with Gasteiger partial charge < -0.3 is 10.5 Å². The molecule has 0 unspecified atom stereocenters. The maximum atomic E-state index is 5.99. The number of rotatable bonds is 4. The molecule has 3 heterocycles. The SMILES string of the molecule is CN(Cc1nc(N)c2cnn(C)c2n1)CC1CCOCC1. The molecule has 7 nitrogen and oxygen atoms in total. The van der Waals surface area contributed by atoms with Crippen molar-refractivity contribution in [2.24, 2.45) is 13.0 Å². The van der Waals surface area contributed by atoms with Crippen molar-refractivity contribution in [1.29, 1.82) is 0 Å². The lowest BCUT2D eigenvalue weighted by molar-refractivity contribution is 0.0547. The summed E-state index contributed by atoms with van der Waals surface area (Å²) in [5.74, 6) is 1.95. The quantitative estimate of drug-likeness (QED) is 0.897. The van der Waals surface area contributed by atoms with E-state index in [1.807, 2.05) is 7.05 Å². The number of nitrogen functional groups attached to an aromatic ring is 1. The average molecular weight is 290 g/mol. The Hall–Kier alpha value is -1.73. The number of ether oxygens (including phenoxy) is 1. The molecule has 2 aromatic rings. The van der Waals surface area contributed by atoms with Crippen LogP contribution in [-0.2, 0) is 18.3 Å². The normalized spacial score (nSPS) is 16.9. The number of hydrogen-bond acceptors (Lipinski definition) is 6. The fourth-order valence-electron chi connectivity index (χ4n) is 2.84. The molecule has 2 N–H and O–H groups in total. The van der Waals surface area contributed by atoms with Crippen molar-refractivity contribution >= 4 is 16.9 Å². The van der Waals surface area contributed by atoms with Crippen LogP contribution >= 0.6 is 0 Å². The first-order valence-electron chi connectivity index (χ1n) is 7.34. The highest BCUT2D eigenvalue weighted by Gasteiger charge is 2.17. The zero-order valence-electron chi connectivity index (χ0n) is 12.6. The van der Waals surface area contributed by atoms with Gasteiger partial charge in [0.2, 0.25) is 0 Å². The van der Waals surface area contributed by atoms with Crippen molar-refractivity contribution in [3.05, 3.63) is 12.0 Å². The largest absolute Gasteiger partial charge is 0.383 e. The smallest absolute Gasteiger partial charge is 0.163 e. The maximum Gasteiger partial charge on any atom is 0.163 e. The molecule has 0 radical (unpaired) electrons. The minimum atomic E-state index is 0.502. The zero-order chi connectivity index (χ0) is 14.8. The Morgan fingerprint density at radius 2 is 2.14 bits per heavy atom. The second-order valence-corrected chi connectivity index (χ2v) is 5.78. The number of aryl methyl sites for hydroxylation is 1. The van der Waals surface area contributed by atoms with Gasteiger partial charge in [0.15, 0.2) is 5.65 Å². The molecule has 0 bridgehead atoms. The van der Waals surface area contributed by atoms with E-state index < -0.39 is 0 Å². The summed E-state index contributed by atoms with van der Waals surface area (Å²) in [6, 6.07) is 0. The first-order valence-corrected chi connectivity index (χ1v) is 7.34. The van der Waals surface area contributed by atoms with Gasteiger partial charge in [0.1, 0.15) is 11.6 Å². The van der Waals surface area contributed by atoms with Crippen LogP contribution in [0.2, 0.25) is 0 Å². The van der Waals surface area contributed by atoms with E-state index in [-0.39, 0.29) is 0 Å². The van der Waals surface area contributed by atoms with Crippen molar-refractivity contribution in [3.8, 4) is 0 Å². The van der Waals surface area contributed by atoms with Crippen LogP contribution in [0.3, 0.4) is 0 Å². The Morgan fingerprint density at radius 1 is 1.38 bits per heavy atom. The molecule has 0 atom stereocenters. The molecule has 21 heavy (non-hydrogen) atoms. The van der Waals surface area contributed by atoms with Gasteiger partial charge in [-0.1, -0.05) is 0 Å². The third-order valence-electron chi connectivity index (χ3n) is 3.99. The number of nitrogens with two attached hydrogens (primary N) is 1. The molecule has 2 aromatic heterocycles. The van der Waals surface area contributed by atoms with Gasteiger partial charge in [-0.15, -0.1) is 0 Å². The lowest BCUT2D eigenvalue weighted by atomic mass is 10.00. The van der Waals surface area contributed by atoms with Gasteiger partial charge in [0, 0.05) is 26.8 Å². The Labute approximate surface area is 124 Å². The Bertz CT molecular complexity index is 619. The molecule has 7 heteroatoms. The number of nitrogens with zero attached hydrogens (tertiary/aromatic N) is 5. The van der Waals surface area contributed by atoms with E-state index in [9.17, 15) is 0 Å². The van der Waals surface area contributed by atoms with Crippen LogP contribution in [0, 0.1) is 5.92 Å². The van der Waals surface area contributed by atoms with E-state index in [1.165, 1.54) is 0 Å². The van der Waals surface area contributed by atoms with Crippen LogP contribution < -0.4 is 5.73 Å². The van der Waals surface area contributed by atoms with Crippen LogP contribution in [0.25, 0.3) is 11.0 Å². The number of aromatic nitrogens is 4. The summed E-state index contributed by atoms with van der Waals surface area (Å²) < 4.78 is 7.13. The molecule has 0 aromatic carbocycles. The van der Waals surface area contributed by atoms with E-state index >= 15 is 0 Å². The first kappa shape index (κ1) is 14.2. The highest BCUT2D eigenvalue weighted by Crippen LogP contribution is 2.19. The third kappa shape index (κ3) is 3.14. The number of fused-ring (bicyclic) bond motifs is 1. The summed E-state index contributed by atoms with van der Waals surface area (Å²) >= 11 is 0. The molecule has 1 saturated heterocycles. The van der Waals surface area contributed by atoms with Gasteiger partial charge >= 0.3 is 0 Å². The molecular weight excluding hydrogens is 268 g/mol. The molecule has 114 valence electrons. The Balaban J connectivity index is 1.70. The van der Waals surface area contributed by atoms with Crippen LogP contribution in [-0.4, -0.2) is 51.5 Å². The van der Waals surface area contributed by atoms with Crippen LogP contribution in [0.1, 0.15) is 18.7 Å². The highest BCUT2D eigenvalue weighted by molar-refractivity contribution is 5.84. The van der Waals surface area contributed by atoms with E-state index in [0.29, 0.717) is 18.3 Å². The molecule has 3 rings (SSSR count). The summed E-state index contributed by atoms with van der Waals surface area (Å²) in [6.45, 7) is 3.49. The average Bonchev–Trinajstić information content (AvgIpc) is 2.82.